The Hall–Kier alpha value is -1.94. The molecule has 0 saturated heterocycles. The molecule has 0 aliphatic rings. The second kappa shape index (κ2) is 6.01. The Labute approximate surface area is 123 Å². The van der Waals surface area contributed by atoms with Gasteiger partial charge >= 0.3 is 0 Å². The number of amides is 1. The molecule has 2 aromatic rings. The van der Waals surface area contributed by atoms with Gasteiger partial charge in [-0.2, -0.15) is 0 Å². The van der Waals surface area contributed by atoms with E-state index in [9.17, 15) is 4.79 Å². The molecule has 0 radical (unpaired) electrons. The first kappa shape index (κ1) is 14.5. The molecule has 0 aliphatic heterocycles. The maximum absolute atomic E-state index is 12.0. The zero-order valence-electron chi connectivity index (χ0n) is 11.7. The maximum atomic E-state index is 12.0. The molecule has 20 heavy (non-hydrogen) atoms. The van der Waals surface area contributed by atoms with E-state index in [0.29, 0.717) is 10.6 Å². The smallest absolute Gasteiger partial charge is 0.254 e. The van der Waals surface area contributed by atoms with Gasteiger partial charge in [0.25, 0.3) is 5.91 Å². The number of halogens is 1. The standard InChI is InChI=1S/C15H17ClN2O2/c1-10(11-6-7-20-9-11)17-12-4-5-14(16)13(8-12)15(19)18(2)3/h4-10,17H,1-3H3. The summed E-state index contributed by atoms with van der Waals surface area (Å²) in [6.45, 7) is 2.02. The molecule has 1 aromatic heterocycles. The van der Waals surface area contributed by atoms with Crippen LogP contribution in [0.4, 0.5) is 5.69 Å². The van der Waals surface area contributed by atoms with E-state index in [2.05, 4.69) is 5.32 Å². The van der Waals surface area contributed by atoms with Crippen molar-refractivity contribution in [3.63, 3.8) is 0 Å². The highest BCUT2D eigenvalue weighted by Crippen LogP contribution is 2.25. The fourth-order valence-corrected chi connectivity index (χ4v) is 2.07. The molecule has 0 spiro atoms. The van der Waals surface area contributed by atoms with Gasteiger partial charge in [0.05, 0.1) is 29.2 Å². The van der Waals surface area contributed by atoms with E-state index in [1.807, 2.05) is 19.1 Å². The number of anilines is 1. The van der Waals surface area contributed by atoms with Crippen LogP contribution >= 0.6 is 11.6 Å². The summed E-state index contributed by atoms with van der Waals surface area (Å²) in [6.07, 6.45) is 3.33. The molecular weight excluding hydrogens is 276 g/mol. The van der Waals surface area contributed by atoms with Crippen molar-refractivity contribution in [2.75, 3.05) is 19.4 Å². The van der Waals surface area contributed by atoms with Crippen LogP contribution < -0.4 is 5.32 Å². The number of nitrogens with zero attached hydrogens (tertiary/aromatic N) is 1. The molecule has 1 aromatic carbocycles. The van der Waals surface area contributed by atoms with Crippen LogP contribution in [0.15, 0.2) is 41.2 Å². The Kier molecular flexibility index (Phi) is 4.35. The molecule has 0 aliphatic carbocycles. The van der Waals surface area contributed by atoms with Crippen LogP contribution in [-0.2, 0) is 0 Å². The molecule has 0 saturated carbocycles. The van der Waals surface area contributed by atoms with Crippen molar-refractivity contribution in [2.24, 2.45) is 0 Å². The Balaban J connectivity index is 2.21. The van der Waals surface area contributed by atoms with Gasteiger partial charge in [-0.3, -0.25) is 4.79 Å². The number of nitrogens with one attached hydrogen (secondary N) is 1. The van der Waals surface area contributed by atoms with Gasteiger partial charge in [-0.1, -0.05) is 11.6 Å². The first-order valence-corrected chi connectivity index (χ1v) is 6.66. The highest BCUT2D eigenvalue weighted by atomic mass is 35.5. The number of hydrogen-bond acceptors (Lipinski definition) is 3. The fourth-order valence-electron chi connectivity index (χ4n) is 1.87. The number of hydrogen-bond donors (Lipinski definition) is 1. The Morgan fingerprint density at radius 2 is 2.10 bits per heavy atom. The summed E-state index contributed by atoms with van der Waals surface area (Å²) >= 11 is 6.08. The quantitative estimate of drug-likeness (QED) is 0.932. The average Bonchev–Trinajstić information content (AvgIpc) is 2.94. The van der Waals surface area contributed by atoms with E-state index in [1.54, 1.807) is 38.8 Å². The van der Waals surface area contributed by atoms with Gasteiger partial charge in [0.1, 0.15) is 0 Å². The average molecular weight is 293 g/mol. The molecule has 1 N–H and O–H groups in total. The largest absolute Gasteiger partial charge is 0.472 e. The van der Waals surface area contributed by atoms with Crippen molar-refractivity contribution in [1.82, 2.24) is 4.90 Å². The number of carbonyl (C=O) groups is 1. The van der Waals surface area contributed by atoms with Crippen LogP contribution in [-0.4, -0.2) is 24.9 Å². The van der Waals surface area contributed by atoms with Gasteiger partial charge < -0.3 is 14.6 Å². The van der Waals surface area contributed by atoms with Crippen LogP contribution in [0.25, 0.3) is 0 Å². The zero-order valence-corrected chi connectivity index (χ0v) is 12.4. The lowest BCUT2D eigenvalue weighted by Crippen LogP contribution is -2.22. The van der Waals surface area contributed by atoms with E-state index in [-0.39, 0.29) is 11.9 Å². The van der Waals surface area contributed by atoms with E-state index in [1.165, 1.54) is 4.90 Å². The van der Waals surface area contributed by atoms with Crippen LogP contribution in [0.2, 0.25) is 5.02 Å². The molecule has 1 atom stereocenters. The van der Waals surface area contributed by atoms with Crippen molar-refractivity contribution in [3.8, 4) is 0 Å². The van der Waals surface area contributed by atoms with Crippen LogP contribution in [0.5, 0.6) is 0 Å². The first-order valence-electron chi connectivity index (χ1n) is 6.29. The van der Waals surface area contributed by atoms with Crippen molar-refractivity contribution >= 4 is 23.2 Å². The highest BCUT2D eigenvalue weighted by molar-refractivity contribution is 6.34. The van der Waals surface area contributed by atoms with Crippen LogP contribution in [0, 0.1) is 0 Å². The lowest BCUT2D eigenvalue weighted by Gasteiger charge is -2.16. The molecule has 4 nitrogen and oxygen atoms in total. The molecule has 0 fully saturated rings. The molecule has 0 bridgehead atoms. The van der Waals surface area contributed by atoms with Crippen molar-refractivity contribution < 1.29 is 9.21 Å². The molecule has 2 rings (SSSR count). The number of furan rings is 1. The number of rotatable bonds is 4. The topological polar surface area (TPSA) is 45.5 Å². The van der Waals surface area contributed by atoms with Crippen molar-refractivity contribution in [1.29, 1.82) is 0 Å². The minimum atomic E-state index is -0.116. The number of benzene rings is 1. The maximum Gasteiger partial charge on any atom is 0.254 e. The predicted octanol–water partition coefficient (Wildman–Crippen LogP) is 3.81. The summed E-state index contributed by atoms with van der Waals surface area (Å²) in [5, 5.41) is 3.77. The van der Waals surface area contributed by atoms with Crippen LogP contribution in [0.3, 0.4) is 0 Å². The van der Waals surface area contributed by atoms with Crippen molar-refractivity contribution in [3.05, 3.63) is 52.9 Å². The first-order chi connectivity index (χ1) is 9.49. The summed E-state index contributed by atoms with van der Waals surface area (Å²) in [5.41, 5.74) is 2.37. The SMILES string of the molecule is CC(Nc1ccc(Cl)c(C(=O)N(C)C)c1)c1ccoc1. The third-order valence-electron chi connectivity index (χ3n) is 3.03. The van der Waals surface area contributed by atoms with Gasteiger partial charge in [0, 0.05) is 25.3 Å². The second-order valence-electron chi connectivity index (χ2n) is 4.82. The normalized spacial score (nSPS) is 12.0. The molecule has 5 heteroatoms. The Bertz CT molecular complexity index is 594. The Morgan fingerprint density at radius 3 is 2.70 bits per heavy atom. The minimum absolute atomic E-state index is 0.0808. The van der Waals surface area contributed by atoms with Crippen LogP contribution in [0.1, 0.15) is 28.9 Å². The second-order valence-corrected chi connectivity index (χ2v) is 5.22. The highest BCUT2D eigenvalue weighted by Gasteiger charge is 2.14. The molecular formula is C15H17ClN2O2. The van der Waals surface area contributed by atoms with Gasteiger partial charge in [-0.05, 0) is 31.2 Å². The van der Waals surface area contributed by atoms with E-state index < -0.39 is 0 Å². The summed E-state index contributed by atoms with van der Waals surface area (Å²) in [4.78, 5) is 13.5. The zero-order chi connectivity index (χ0) is 14.7. The van der Waals surface area contributed by atoms with Gasteiger partial charge in [-0.15, -0.1) is 0 Å². The lowest BCUT2D eigenvalue weighted by atomic mass is 10.1. The summed E-state index contributed by atoms with van der Waals surface area (Å²) in [6, 6.07) is 7.33. The molecule has 1 amide bonds. The summed E-state index contributed by atoms with van der Waals surface area (Å²) < 4.78 is 5.06. The van der Waals surface area contributed by atoms with Gasteiger partial charge in [-0.25, -0.2) is 0 Å². The van der Waals surface area contributed by atoms with E-state index in [0.717, 1.165) is 11.3 Å². The van der Waals surface area contributed by atoms with Gasteiger partial charge in [0.2, 0.25) is 0 Å². The Morgan fingerprint density at radius 1 is 1.35 bits per heavy atom. The van der Waals surface area contributed by atoms with E-state index in [4.69, 9.17) is 16.0 Å². The van der Waals surface area contributed by atoms with E-state index >= 15 is 0 Å². The third kappa shape index (κ3) is 3.14. The third-order valence-corrected chi connectivity index (χ3v) is 3.36. The summed E-state index contributed by atoms with van der Waals surface area (Å²) in [5.74, 6) is -0.116. The van der Waals surface area contributed by atoms with Crippen molar-refractivity contribution in [2.45, 2.75) is 13.0 Å². The molecule has 106 valence electrons. The number of carbonyl (C=O) groups excluding carboxylic acids is 1. The predicted molar refractivity (Wildman–Crippen MR) is 80.2 cm³/mol. The monoisotopic (exact) mass is 292 g/mol. The summed E-state index contributed by atoms with van der Waals surface area (Å²) in [7, 11) is 3.40. The van der Waals surface area contributed by atoms with Gasteiger partial charge in [0.15, 0.2) is 0 Å². The fraction of sp³-hybridized carbons (Fsp3) is 0.267. The minimum Gasteiger partial charge on any atom is -0.472 e. The lowest BCUT2D eigenvalue weighted by molar-refractivity contribution is 0.0828. The molecule has 1 unspecified atom stereocenters. The molecule has 1 heterocycles.